The van der Waals surface area contributed by atoms with Crippen LogP contribution in [0.25, 0.3) is 0 Å². The molecule has 0 saturated carbocycles. The van der Waals surface area contributed by atoms with Crippen molar-refractivity contribution >= 4 is 33.6 Å². The Bertz CT molecular complexity index is 392. The number of nitrogens with one attached hydrogen (secondary N) is 1. The highest BCUT2D eigenvalue weighted by molar-refractivity contribution is 9.10. The molecule has 1 rings (SSSR count). The van der Waals surface area contributed by atoms with Gasteiger partial charge in [-0.3, -0.25) is 4.79 Å². The largest absolute Gasteiger partial charge is 0.355 e. The van der Waals surface area contributed by atoms with Crippen LogP contribution < -0.4 is 11.1 Å². The van der Waals surface area contributed by atoms with Crippen LogP contribution in [0, 0.1) is 0 Å². The first-order chi connectivity index (χ1) is 8.45. The molecule has 0 aliphatic rings. The van der Waals surface area contributed by atoms with Gasteiger partial charge in [0.2, 0.25) is 5.91 Å². The molecule has 0 fully saturated rings. The number of hydrogen-bond acceptors (Lipinski definition) is 3. The van der Waals surface area contributed by atoms with E-state index in [4.69, 9.17) is 5.73 Å². The van der Waals surface area contributed by atoms with Crippen molar-refractivity contribution in [1.82, 2.24) is 5.32 Å². The Kier molecular flexibility index (Phi) is 6.18. The molecular formula is C13H19BrN2OS. The molecule has 0 heterocycles. The van der Waals surface area contributed by atoms with E-state index in [0.29, 0.717) is 13.1 Å². The van der Waals surface area contributed by atoms with Gasteiger partial charge in [0.1, 0.15) is 0 Å². The lowest BCUT2D eigenvalue weighted by Crippen LogP contribution is -2.40. The number of rotatable bonds is 6. The van der Waals surface area contributed by atoms with Crippen LogP contribution in [0.3, 0.4) is 0 Å². The van der Waals surface area contributed by atoms with Gasteiger partial charge >= 0.3 is 0 Å². The van der Waals surface area contributed by atoms with Crippen LogP contribution in [0.15, 0.2) is 33.6 Å². The van der Waals surface area contributed by atoms with Crippen molar-refractivity contribution in [1.29, 1.82) is 0 Å². The summed E-state index contributed by atoms with van der Waals surface area (Å²) < 4.78 is 0.555. The van der Waals surface area contributed by atoms with E-state index >= 15 is 0 Å². The lowest BCUT2D eigenvalue weighted by molar-refractivity contribution is -0.122. The quantitative estimate of drug-likeness (QED) is 0.623. The van der Waals surface area contributed by atoms with E-state index in [1.807, 2.05) is 38.1 Å². The number of hydrogen-bond donors (Lipinski definition) is 2. The molecule has 3 N–H and O–H groups in total. The number of carbonyl (C=O) groups is 1. The van der Waals surface area contributed by atoms with Crippen LogP contribution in [0.1, 0.15) is 20.3 Å². The molecule has 1 aromatic rings. The van der Waals surface area contributed by atoms with Crippen molar-refractivity contribution in [2.45, 2.75) is 29.9 Å². The van der Waals surface area contributed by atoms with Gasteiger partial charge in [0.15, 0.2) is 0 Å². The normalized spacial score (nSPS) is 11.3. The molecular weight excluding hydrogens is 312 g/mol. The molecule has 0 bridgehead atoms. The fourth-order valence-corrected chi connectivity index (χ4v) is 2.65. The van der Waals surface area contributed by atoms with Crippen LogP contribution in [-0.2, 0) is 4.79 Å². The predicted molar refractivity (Wildman–Crippen MR) is 80.8 cm³/mol. The van der Waals surface area contributed by atoms with Crippen molar-refractivity contribution < 1.29 is 4.79 Å². The zero-order chi connectivity index (χ0) is 13.6. The molecule has 5 heteroatoms. The van der Waals surface area contributed by atoms with E-state index in [0.717, 1.165) is 15.8 Å². The second kappa shape index (κ2) is 7.16. The number of benzene rings is 1. The lowest BCUT2D eigenvalue weighted by atomic mass is 10.2. The van der Waals surface area contributed by atoms with Crippen LogP contribution in [-0.4, -0.2) is 23.7 Å². The van der Waals surface area contributed by atoms with Gasteiger partial charge in [-0.1, -0.05) is 15.9 Å². The summed E-state index contributed by atoms with van der Waals surface area (Å²) >= 11 is 4.95. The summed E-state index contributed by atoms with van der Waals surface area (Å²) in [6, 6.07) is 7.96. The SMILES string of the molecule is CC(C)(Sc1ccc(Br)cc1)C(=O)NCCCN. The summed E-state index contributed by atoms with van der Waals surface area (Å²) in [6.07, 6.45) is 0.810. The van der Waals surface area contributed by atoms with E-state index in [9.17, 15) is 4.79 Å². The minimum Gasteiger partial charge on any atom is -0.355 e. The number of nitrogens with two attached hydrogens (primary N) is 1. The molecule has 0 aliphatic carbocycles. The minimum atomic E-state index is -0.484. The molecule has 0 aromatic heterocycles. The number of amides is 1. The van der Waals surface area contributed by atoms with Crippen LogP contribution in [0.5, 0.6) is 0 Å². The lowest BCUT2D eigenvalue weighted by Gasteiger charge is -2.23. The van der Waals surface area contributed by atoms with E-state index in [-0.39, 0.29) is 5.91 Å². The van der Waals surface area contributed by atoms with Crippen LogP contribution >= 0.6 is 27.7 Å². The first-order valence-corrected chi connectivity index (χ1v) is 7.49. The molecule has 0 aliphatic heterocycles. The third-order valence-corrected chi connectivity index (χ3v) is 4.13. The average molecular weight is 331 g/mol. The van der Waals surface area contributed by atoms with E-state index in [1.165, 1.54) is 0 Å². The molecule has 0 spiro atoms. The predicted octanol–water partition coefficient (Wildman–Crippen LogP) is 2.78. The summed E-state index contributed by atoms with van der Waals surface area (Å²) in [6.45, 7) is 5.09. The van der Waals surface area contributed by atoms with Crippen molar-refractivity contribution in [3.05, 3.63) is 28.7 Å². The van der Waals surface area contributed by atoms with E-state index in [1.54, 1.807) is 11.8 Å². The van der Waals surface area contributed by atoms with Crippen molar-refractivity contribution in [2.24, 2.45) is 5.73 Å². The smallest absolute Gasteiger partial charge is 0.236 e. The zero-order valence-electron chi connectivity index (χ0n) is 10.7. The zero-order valence-corrected chi connectivity index (χ0v) is 13.1. The summed E-state index contributed by atoms with van der Waals surface area (Å²) in [5.41, 5.74) is 5.40. The number of thioether (sulfide) groups is 1. The molecule has 0 saturated heterocycles. The van der Waals surface area contributed by atoms with Gasteiger partial charge in [0, 0.05) is 15.9 Å². The number of carbonyl (C=O) groups excluding carboxylic acids is 1. The highest BCUT2D eigenvalue weighted by atomic mass is 79.9. The second-order valence-corrected chi connectivity index (χ2v) is 7.08. The Morgan fingerprint density at radius 2 is 2.00 bits per heavy atom. The fraction of sp³-hybridized carbons (Fsp3) is 0.462. The minimum absolute atomic E-state index is 0.0452. The van der Waals surface area contributed by atoms with Crippen LogP contribution in [0.2, 0.25) is 0 Å². The summed E-state index contributed by atoms with van der Waals surface area (Å²) in [7, 11) is 0. The summed E-state index contributed by atoms with van der Waals surface area (Å²) in [4.78, 5) is 13.1. The van der Waals surface area contributed by atoms with Gasteiger partial charge in [-0.15, -0.1) is 11.8 Å². The molecule has 18 heavy (non-hydrogen) atoms. The van der Waals surface area contributed by atoms with Crippen molar-refractivity contribution in [2.75, 3.05) is 13.1 Å². The number of halogens is 1. The average Bonchev–Trinajstić information content (AvgIpc) is 2.32. The third kappa shape index (κ3) is 5.00. The maximum absolute atomic E-state index is 12.0. The van der Waals surface area contributed by atoms with Gasteiger partial charge in [-0.2, -0.15) is 0 Å². The molecule has 0 unspecified atom stereocenters. The molecule has 1 amide bonds. The highest BCUT2D eigenvalue weighted by Gasteiger charge is 2.28. The molecule has 0 radical (unpaired) electrons. The summed E-state index contributed by atoms with van der Waals surface area (Å²) in [5, 5.41) is 2.91. The van der Waals surface area contributed by atoms with Gasteiger partial charge in [0.25, 0.3) is 0 Å². The van der Waals surface area contributed by atoms with Crippen LogP contribution in [0.4, 0.5) is 0 Å². The van der Waals surface area contributed by atoms with Crippen molar-refractivity contribution in [3.63, 3.8) is 0 Å². The van der Waals surface area contributed by atoms with Gasteiger partial charge < -0.3 is 11.1 Å². The highest BCUT2D eigenvalue weighted by Crippen LogP contribution is 2.33. The Morgan fingerprint density at radius 3 is 2.56 bits per heavy atom. The molecule has 100 valence electrons. The monoisotopic (exact) mass is 330 g/mol. The molecule has 1 aromatic carbocycles. The Labute approximate surface area is 121 Å². The van der Waals surface area contributed by atoms with Gasteiger partial charge in [-0.25, -0.2) is 0 Å². The van der Waals surface area contributed by atoms with Gasteiger partial charge in [-0.05, 0) is 51.1 Å². The first-order valence-electron chi connectivity index (χ1n) is 5.88. The van der Waals surface area contributed by atoms with Crippen molar-refractivity contribution in [3.8, 4) is 0 Å². The maximum atomic E-state index is 12.0. The Balaban J connectivity index is 2.57. The van der Waals surface area contributed by atoms with Gasteiger partial charge in [0.05, 0.1) is 4.75 Å². The molecule has 3 nitrogen and oxygen atoms in total. The summed E-state index contributed by atoms with van der Waals surface area (Å²) in [5.74, 6) is 0.0452. The Morgan fingerprint density at radius 1 is 1.39 bits per heavy atom. The fourth-order valence-electron chi connectivity index (χ4n) is 1.36. The first kappa shape index (κ1) is 15.5. The molecule has 0 atom stereocenters. The second-order valence-electron chi connectivity index (χ2n) is 4.46. The van der Waals surface area contributed by atoms with E-state index < -0.39 is 4.75 Å². The van der Waals surface area contributed by atoms with E-state index in [2.05, 4.69) is 21.2 Å². The standard InChI is InChI=1S/C13H19BrN2OS/c1-13(2,12(17)16-9-3-8-15)18-11-6-4-10(14)5-7-11/h4-7H,3,8-9,15H2,1-2H3,(H,16,17). The third-order valence-electron chi connectivity index (χ3n) is 2.40. The maximum Gasteiger partial charge on any atom is 0.236 e. The Hall–Kier alpha value is -0.520. The topological polar surface area (TPSA) is 55.1 Å².